The summed E-state index contributed by atoms with van der Waals surface area (Å²) in [6.07, 6.45) is 0. The van der Waals surface area contributed by atoms with Gasteiger partial charge >= 0.3 is 0 Å². The second kappa shape index (κ2) is 3.46. The number of nitrogens with zero attached hydrogens (tertiary/aromatic N) is 3. The molecule has 13 heavy (non-hydrogen) atoms. The molecule has 2 heterocycles. The third-order valence-corrected chi connectivity index (χ3v) is 2.09. The van der Waals surface area contributed by atoms with E-state index in [0.717, 1.165) is 11.4 Å². The Labute approximate surface area is 78.6 Å². The van der Waals surface area contributed by atoms with Crippen LogP contribution in [0.3, 0.4) is 0 Å². The Hall–Kier alpha value is -1.53. The number of nitrogens with two attached hydrogens (primary N) is 1. The monoisotopic (exact) mass is 193 g/mol. The standard InChI is InChI=1S/C7H7N5S/c8-10-7-2-1-5(11-12-7)6-3-13-4-9-6/h1-4H,8H2,(H,10,12). The Morgan fingerprint density at radius 2 is 2.15 bits per heavy atom. The van der Waals surface area contributed by atoms with Gasteiger partial charge in [0.05, 0.1) is 5.51 Å². The molecule has 0 radical (unpaired) electrons. The minimum Gasteiger partial charge on any atom is -0.307 e. The smallest absolute Gasteiger partial charge is 0.162 e. The number of hydrogen-bond acceptors (Lipinski definition) is 6. The zero-order valence-corrected chi connectivity index (χ0v) is 7.45. The van der Waals surface area contributed by atoms with Gasteiger partial charge < -0.3 is 5.43 Å². The Kier molecular flexibility index (Phi) is 2.15. The number of rotatable bonds is 2. The second-order valence-corrected chi connectivity index (χ2v) is 3.04. The van der Waals surface area contributed by atoms with Crippen molar-refractivity contribution >= 4 is 17.2 Å². The van der Waals surface area contributed by atoms with Gasteiger partial charge in [-0.2, -0.15) is 0 Å². The number of nitrogen functional groups attached to an aromatic ring is 1. The molecule has 0 spiro atoms. The molecule has 0 bridgehead atoms. The van der Waals surface area contributed by atoms with Crippen LogP contribution in [0.5, 0.6) is 0 Å². The molecule has 0 aliphatic rings. The minimum atomic E-state index is 0.541. The Balaban J connectivity index is 2.33. The summed E-state index contributed by atoms with van der Waals surface area (Å²) >= 11 is 1.53. The van der Waals surface area contributed by atoms with Crippen LogP contribution in [0.4, 0.5) is 5.82 Å². The van der Waals surface area contributed by atoms with Crippen LogP contribution in [0.25, 0.3) is 11.4 Å². The fourth-order valence-electron chi connectivity index (χ4n) is 0.885. The van der Waals surface area contributed by atoms with Gasteiger partial charge in [0.15, 0.2) is 5.82 Å². The van der Waals surface area contributed by atoms with Crippen molar-refractivity contribution < 1.29 is 0 Å². The van der Waals surface area contributed by atoms with Crippen molar-refractivity contribution in [3.8, 4) is 11.4 Å². The fourth-order valence-corrected chi connectivity index (χ4v) is 1.43. The van der Waals surface area contributed by atoms with E-state index in [-0.39, 0.29) is 0 Å². The van der Waals surface area contributed by atoms with Gasteiger partial charge in [0.2, 0.25) is 0 Å². The average molecular weight is 193 g/mol. The van der Waals surface area contributed by atoms with Gasteiger partial charge in [-0.3, -0.25) is 0 Å². The van der Waals surface area contributed by atoms with E-state index >= 15 is 0 Å². The minimum absolute atomic E-state index is 0.541. The normalized spacial score (nSPS) is 9.92. The molecule has 2 aromatic rings. The summed E-state index contributed by atoms with van der Waals surface area (Å²) in [6, 6.07) is 3.57. The molecule has 5 nitrogen and oxygen atoms in total. The second-order valence-electron chi connectivity index (χ2n) is 2.32. The molecule has 2 aromatic heterocycles. The van der Waals surface area contributed by atoms with E-state index in [1.165, 1.54) is 11.3 Å². The van der Waals surface area contributed by atoms with Crippen LogP contribution in [0.1, 0.15) is 0 Å². The lowest BCUT2D eigenvalue weighted by Gasteiger charge is -1.97. The molecule has 6 heteroatoms. The molecule has 0 aliphatic heterocycles. The van der Waals surface area contributed by atoms with Gasteiger partial charge in [-0.1, -0.05) is 0 Å². The first-order chi connectivity index (χ1) is 6.40. The van der Waals surface area contributed by atoms with E-state index in [9.17, 15) is 0 Å². The molecule has 0 atom stereocenters. The van der Waals surface area contributed by atoms with Crippen molar-refractivity contribution in [1.82, 2.24) is 15.2 Å². The van der Waals surface area contributed by atoms with E-state index in [1.807, 2.05) is 11.4 Å². The maximum Gasteiger partial charge on any atom is 0.162 e. The molecule has 0 aromatic carbocycles. The van der Waals surface area contributed by atoms with Crippen LogP contribution >= 0.6 is 11.3 Å². The van der Waals surface area contributed by atoms with E-state index < -0.39 is 0 Å². The van der Waals surface area contributed by atoms with Gasteiger partial charge in [0.25, 0.3) is 0 Å². The summed E-state index contributed by atoms with van der Waals surface area (Å²) < 4.78 is 0. The molecule has 3 N–H and O–H groups in total. The fraction of sp³-hybridized carbons (Fsp3) is 0. The highest BCUT2D eigenvalue weighted by Crippen LogP contribution is 2.15. The largest absolute Gasteiger partial charge is 0.307 e. The molecular weight excluding hydrogens is 186 g/mol. The third-order valence-electron chi connectivity index (χ3n) is 1.51. The maximum absolute atomic E-state index is 5.15. The third kappa shape index (κ3) is 1.63. The molecular formula is C7H7N5S. The maximum atomic E-state index is 5.15. The van der Waals surface area contributed by atoms with Gasteiger partial charge in [0, 0.05) is 5.38 Å². The van der Waals surface area contributed by atoms with Crippen molar-refractivity contribution in [1.29, 1.82) is 0 Å². The predicted molar refractivity (Wildman–Crippen MR) is 51.0 cm³/mol. The predicted octanol–water partition coefficient (Wildman–Crippen LogP) is 0.886. The Bertz CT molecular complexity index is 368. The van der Waals surface area contributed by atoms with Crippen LogP contribution in [0, 0.1) is 0 Å². The van der Waals surface area contributed by atoms with Crippen LogP contribution < -0.4 is 11.3 Å². The quantitative estimate of drug-likeness (QED) is 0.547. The summed E-state index contributed by atoms with van der Waals surface area (Å²) in [5.74, 6) is 5.69. The SMILES string of the molecule is NNc1ccc(-c2cscn2)nn1. The summed E-state index contributed by atoms with van der Waals surface area (Å²) in [7, 11) is 0. The van der Waals surface area contributed by atoms with Crippen molar-refractivity contribution in [3.05, 3.63) is 23.0 Å². The van der Waals surface area contributed by atoms with Crippen molar-refractivity contribution in [2.45, 2.75) is 0 Å². The highest BCUT2D eigenvalue weighted by atomic mass is 32.1. The van der Waals surface area contributed by atoms with Crippen molar-refractivity contribution in [3.63, 3.8) is 0 Å². The van der Waals surface area contributed by atoms with Crippen LogP contribution in [0.2, 0.25) is 0 Å². The topological polar surface area (TPSA) is 76.7 Å². The summed E-state index contributed by atoms with van der Waals surface area (Å²) in [5, 5.41) is 9.69. The van der Waals surface area contributed by atoms with Crippen LogP contribution in [-0.2, 0) is 0 Å². The molecule has 0 fully saturated rings. The van der Waals surface area contributed by atoms with Crippen LogP contribution in [0.15, 0.2) is 23.0 Å². The zero-order valence-electron chi connectivity index (χ0n) is 6.64. The van der Waals surface area contributed by atoms with Crippen LogP contribution in [-0.4, -0.2) is 15.2 Å². The molecule has 0 aliphatic carbocycles. The highest BCUT2D eigenvalue weighted by molar-refractivity contribution is 7.07. The lowest BCUT2D eigenvalue weighted by Crippen LogP contribution is -2.08. The number of hydrogen-bond donors (Lipinski definition) is 2. The number of hydrazine groups is 1. The summed E-state index contributed by atoms with van der Waals surface area (Å²) in [4.78, 5) is 4.11. The Morgan fingerprint density at radius 1 is 1.23 bits per heavy atom. The van der Waals surface area contributed by atoms with Gasteiger partial charge in [-0.05, 0) is 12.1 Å². The van der Waals surface area contributed by atoms with E-state index in [0.29, 0.717) is 5.82 Å². The highest BCUT2D eigenvalue weighted by Gasteiger charge is 2.01. The molecule has 0 saturated carbocycles. The summed E-state index contributed by atoms with van der Waals surface area (Å²) in [6.45, 7) is 0. The molecule has 0 unspecified atom stereocenters. The first-order valence-corrected chi connectivity index (χ1v) is 4.53. The number of nitrogens with one attached hydrogen (secondary N) is 1. The lowest BCUT2D eigenvalue weighted by molar-refractivity contribution is 1.02. The first kappa shape index (κ1) is 8.09. The van der Waals surface area contributed by atoms with Crippen molar-refractivity contribution in [2.75, 3.05) is 5.43 Å². The lowest BCUT2D eigenvalue weighted by atomic mass is 10.3. The number of aromatic nitrogens is 3. The molecule has 66 valence electrons. The summed E-state index contributed by atoms with van der Waals surface area (Å²) in [5.41, 5.74) is 5.75. The zero-order chi connectivity index (χ0) is 9.10. The van der Waals surface area contributed by atoms with E-state index in [2.05, 4.69) is 20.6 Å². The van der Waals surface area contributed by atoms with Gasteiger partial charge in [-0.25, -0.2) is 10.8 Å². The molecule has 2 rings (SSSR count). The molecule has 0 saturated heterocycles. The Morgan fingerprint density at radius 3 is 2.69 bits per heavy atom. The van der Waals surface area contributed by atoms with E-state index in [4.69, 9.17) is 5.84 Å². The van der Waals surface area contributed by atoms with Crippen molar-refractivity contribution in [2.24, 2.45) is 5.84 Å². The number of thiazole rings is 1. The first-order valence-electron chi connectivity index (χ1n) is 3.59. The number of anilines is 1. The van der Waals surface area contributed by atoms with E-state index in [1.54, 1.807) is 11.6 Å². The van der Waals surface area contributed by atoms with Gasteiger partial charge in [-0.15, -0.1) is 21.5 Å². The molecule has 0 amide bonds. The van der Waals surface area contributed by atoms with Gasteiger partial charge in [0.1, 0.15) is 11.4 Å². The average Bonchev–Trinajstić information content (AvgIpc) is 2.71.